The summed E-state index contributed by atoms with van der Waals surface area (Å²) in [7, 11) is 0. The summed E-state index contributed by atoms with van der Waals surface area (Å²) < 4.78 is 58.7. The minimum atomic E-state index is -4.96. The molecular weight excluding hydrogens is 283 g/mol. The zero-order valence-corrected chi connectivity index (χ0v) is 10.8. The molecule has 3 aliphatic heterocycles. The van der Waals surface area contributed by atoms with Crippen molar-refractivity contribution in [2.75, 3.05) is 6.61 Å². The molecule has 5 atom stereocenters. The zero-order valence-electron chi connectivity index (χ0n) is 10.8. The van der Waals surface area contributed by atoms with E-state index in [-0.39, 0.29) is 6.10 Å². The van der Waals surface area contributed by atoms with Crippen molar-refractivity contribution in [3.05, 3.63) is 0 Å². The molecule has 3 heterocycles. The topological polar surface area (TPSA) is 69.3 Å². The van der Waals surface area contributed by atoms with E-state index in [4.69, 9.17) is 18.9 Å². The highest BCUT2D eigenvalue weighted by Crippen LogP contribution is 2.40. The fourth-order valence-electron chi connectivity index (χ4n) is 2.49. The lowest BCUT2D eigenvalue weighted by Gasteiger charge is -2.25. The highest BCUT2D eigenvalue weighted by atomic mass is 19.4. The van der Waals surface area contributed by atoms with Crippen molar-refractivity contribution in [1.82, 2.24) is 5.32 Å². The fourth-order valence-corrected chi connectivity index (χ4v) is 2.49. The lowest BCUT2D eigenvalue weighted by Crippen LogP contribution is -2.53. The van der Waals surface area contributed by atoms with Crippen LogP contribution in [0.25, 0.3) is 0 Å². The van der Waals surface area contributed by atoms with Crippen molar-refractivity contribution in [2.24, 2.45) is 0 Å². The van der Waals surface area contributed by atoms with Crippen LogP contribution in [-0.2, 0) is 23.7 Å². The van der Waals surface area contributed by atoms with E-state index >= 15 is 0 Å². The van der Waals surface area contributed by atoms with Crippen molar-refractivity contribution in [1.29, 1.82) is 0 Å². The second-order valence-electron chi connectivity index (χ2n) is 5.44. The summed E-state index contributed by atoms with van der Waals surface area (Å²) in [6.45, 7) is 3.63. The summed E-state index contributed by atoms with van der Waals surface area (Å²) in [6, 6.07) is -0.955. The molecule has 0 aromatic carbocycles. The van der Waals surface area contributed by atoms with Crippen LogP contribution in [0.15, 0.2) is 0 Å². The molecule has 0 radical (unpaired) electrons. The second-order valence-corrected chi connectivity index (χ2v) is 5.44. The molecule has 0 aliphatic carbocycles. The average molecular weight is 297 g/mol. The number of fused-ring (bicyclic) bond motifs is 1. The molecule has 3 rings (SSSR count). The van der Waals surface area contributed by atoms with Crippen LogP contribution in [0.1, 0.15) is 13.8 Å². The summed E-state index contributed by atoms with van der Waals surface area (Å²) in [4.78, 5) is 11.1. The predicted octanol–water partition coefficient (Wildman–Crippen LogP) is 0.309. The van der Waals surface area contributed by atoms with Gasteiger partial charge in [0.15, 0.2) is 12.1 Å². The van der Waals surface area contributed by atoms with E-state index in [9.17, 15) is 18.0 Å². The molecule has 20 heavy (non-hydrogen) atoms. The number of rotatable bonds is 2. The molecule has 3 fully saturated rings. The van der Waals surface area contributed by atoms with E-state index < -0.39 is 42.4 Å². The van der Waals surface area contributed by atoms with Crippen LogP contribution < -0.4 is 5.32 Å². The molecule has 3 aliphatic rings. The smallest absolute Gasteiger partial charge is 0.370 e. The van der Waals surface area contributed by atoms with E-state index in [1.807, 2.05) is 5.32 Å². The largest absolute Gasteiger partial charge is 0.471 e. The van der Waals surface area contributed by atoms with Crippen LogP contribution in [0, 0.1) is 0 Å². The number of hydrogen-bond acceptors (Lipinski definition) is 5. The third-order valence-electron chi connectivity index (χ3n) is 3.37. The van der Waals surface area contributed by atoms with Crippen LogP contribution in [0.5, 0.6) is 0 Å². The predicted molar refractivity (Wildman–Crippen MR) is 56.4 cm³/mol. The molecule has 0 aromatic heterocycles. The first-order valence-corrected chi connectivity index (χ1v) is 6.18. The summed E-state index contributed by atoms with van der Waals surface area (Å²) in [5.74, 6) is -2.99. The van der Waals surface area contributed by atoms with E-state index in [0.717, 1.165) is 0 Å². The Hall–Kier alpha value is -0.900. The van der Waals surface area contributed by atoms with Gasteiger partial charge in [-0.05, 0) is 13.8 Å². The molecule has 0 aromatic rings. The van der Waals surface area contributed by atoms with Crippen LogP contribution in [-0.4, -0.2) is 55.1 Å². The van der Waals surface area contributed by atoms with Gasteiger partial charge in [-0.3, -0.25) is 4.79 Å². The summed E-state index contributed by atoms with van der Waals surface area (Å²) >= 11 is 0. The highest BCUT2D eigenvalue weighted by molar-refractivity contribution is 5.82. The maximum Gasteiger partial charge on any atom is 0.471 e. The Morgan fingerprint density at radius 3 is 2.45 bits per heavy atom. The Kier molecular flexibility index (Phi) is 3.02. The van der Waals surface area contributed by atoms with E-state index in [2.05, 4.69) is 0 Å². The van der Waals surface area contributed by atoms with Crippen LogP contribution in [0.3, 0.4) is 0 Å². The minimum absolute atomic E-state index is 0.338. The lowest BCUT2D eigenvalue weighted by molar-refractivity contribution is -0.210. The second kappa shape index (κ2) is 4.30. The SMILES string of the molecule is CC1(C)O[C@H]2O[C@H]([C@@H]3CO3)[C@@H](NC(=O)C(F)(F)F)[C@H]2O1. The highest BCUT2D eigenvalue weighted by Gasteiger charge is 2.60. The summed E-state index contributed by atoms with van der Waals surface area (Å²) in [6.07, 6.45) is -7.59. The Bertz CT molecular complexity index is 423. The molecular formula is C11H14F3NO5. The first kappa shape index (κ1) is 14.1. The van der Waals surface area contributed by atoms with Gasteiger partial charge in [-0.15, -0.1) is 0 Å². The number of alkyl halides is 3. The van der Waals surface area contributed by atoms with E-state index in [0.29, 0.717) is 6.61 Å². The van der Waals surface area contributed by atoms with Crippen molar-refractivity contribution >= 4 is 5.91 Å². The third-order valence-corrected chi connectivity index (χ3v) is 3.37. The molecule has 114 valence electrons. The third kappa shape index (κ3) is 2.50. The molecule has 3 saturated heterocycles. The molecule has 0 unspecified atom stereocenters. The molecule has 6 nitrogen and oxygen atoms in total. The number of carbonyl (C=O) groups excluding carboxylic acids is 1. The molecule has 1 N–H and O–H groups in total. The van der Waals surface area contributed by atoms with Crippen molar-refractivity contribution in [3.8, 4) is 0 Å². The van der Waals surface area contributed by atoms with Gasteiger partial charge in [0, 0.05) is 0 Å². The fraction of sp³-hybridized carbons (Fsp3) is 0.909. The minimum Gasteiger partial charge on any atom is -0.370 e. The quantitative estimate of drug-likeness (QED) is 0.743. The van der Waals surface area contributed by atoms with Crippen LogP contribution >= 0.6 is 0 Å². The number of ether oxygens (including phenoxy) is 4. The Morgan fingerprint density at radius 1 is 1.25 bits per heavy atom. The monoisotopic (exact) mass is 297 g/mol. The van der Waals surface area contributed by atoms with Crippen LogP contribution in [0.4, 0.5) is 13.2 Å². The van der Waals surface area contributed by atoms with E-state index in [1.54, 1.807) is 13.8 Å². The van der Waals surface area contributed by atoms with Gasteiger partial charge in [-0.25, -0.2) is 0 Å². The molecule has 0 spiro atoms. The van der Waals surface area contributed by atoms with Gasteiger partial charge in [0.2, 0.25) is 0 Å². The first-order valence-electron chi connectivity index (χ1n) is 6.18. The van der Waals surface area contributed by atoms with Gasteiger partial charge in [-0.2, -0.15) is 13.2 Å². The number of amides is 1. The number of hydrogen-bond donors (Lipinski definition) is 1. The van der Waals surface area contributed by atoms with Crippen molar-refractivity contribution in [3.63, 3.8) is 0 Å². The number of carbonyl (C=O) groups is 1. The average Bonchev–Trinajstić information content (AvgIpc) is 3.01. The van der Waals surface area contributed by atoms with Gasteiger partial charge in [0.1, 0.15) is 18.3 Å². The molecule has 1 amide bonds. The van der Waals surface area contributed by atoms with Crippen molar-refractivity contribution in [2.45, 2.75) is 56.5 Å². The van der Waals surface area contributed by atoms with E-state index in [1.165, 1.54) is 0 Å². The van der Waals surface area contributed by atoms with Gasteiger partial charge >= 0.3 is 12.1 Å². The molecule has 0 bridgehead atoms. The molecule has 0 saturated carbocycles. The van der Waals surface area contributed by atoms with Crippen molar-refractivity contribution < 1.29 is 36.9 Å². The maximum absolute atomic E-state index is 12.4. The Labute approximate surface area is 112 Å². The Morgan fingerprint density at radius 2 is 1.90 bits per heavy atom. The first-order chi connectivity index (χ1) is 9.17. The Balaban J connectivity index is 1.75. The zero-order chi connectivity index (χ0) is 14.7. The lowest BCUT2D eigenvalue weighted by atomic mass is 10.1. The molecule has 9 heteroatoms. The number of halogens is 3. The number of epoxide rings is 1. The van der Waals surface area contributed by atoms with Crippen LogP contribution in [0.2, 0.25) is 0 Å². The van der Waals surface area contributed by atoms with Gasteiger partial charge in [-0.1, -0.05) is 0 Å². The standard InChI is InChI=1S/C11H14F3NO5/c1-10(2)19-7-5(15-9(16)11(12,13)14)6(4-3-17-4)18-8(7)20-10/h4-8H,3H2,1-2H3,(H,15,16)/t4-,5+,6+,7+,8+/m0/s1. The number of nitrogens with one attached hydrogen (secondary N) is 1. The summed E-state index contributed by atoms with van der Waals surface area (Å²) in [5, 5.41) is 1.93. The van der Waals surface area contributed by atoms with Gasteiger partial charge in [0.25, 0.3) is 0 Å². The van der Waals surface area contributed by atoms with Gasteiger partial charge in [0.05, 0.1) is 12.6 Å². The summed E-state index contributed by atoms with van der Waals surface area (Å²) in [5.41, 5.74) is 0. The van der Waals surface area contributed by atoms with Gasteiger partial charge < -0.3 is 24.3 Å². The normalized spacial score (nSPS) is 42.4. The maximum atomic E-state index is 12.4.